The van der Waals surface area contributed by atoms with E-state index in [9.17, 15) is 18.5 Å². The van der Waals surface area contributed by atoms with Gasteiger partial charge in [-0.05, 0) is 61.8 Å². The maximum absolute atomic E-state index is 13.7. The fourth-order valence-electron chi connectivity index (χ4n) is 7.08. The maximum atomic E-state index is 13.7. The summed E-state index contributed by atoms with van der Waals surface area (Å²) >= 11 is 1.79. The molecule has 2 heterocycles. The summed E-state index contributed by atoms with van der Waals surface area (Å²) in [6.45, 7) is 1.04. The summed E-state index contributed by atoms with van der Waals surface area (Å²) in [7, 11) is -2.94. The molecule has 6 nitrogen and oxygen atoms in total. The molecule has 218 valence electrons. The first-order valence-corrected chi connectivity index (χ1v) is 18.0. The lowest BCUT2D eigenvalue weighted by atomic mass is 9.73. The molecule has 4 fully saturated rings. The lowest BCUT2D eigenvalue weighted by Gasteiger charge is -2.31. The van der Waals surface area contributed by atoms with Crippen molar-refractivity contribution in [1.29, 1.82) is 5.26 Å². The third-order valence-corrected chi connectivity index (χ3v) is 13.0. The molecule has 0 radical (unpaired) electrons. The van der Waals surface area contributed by atoms with Gasteiger partial charge in [-0.3, -0.25) is 4.79 Å². The van der Waals surface area contributed by atoms with Gasteiger partial charge >= 0.3 is 0 Å². The Morgan fingerprint density at radius 2 is 1.67 bits per heavy atom. The van der Waals surface area contributed by atoms with E-state index >= 15 is 0 Å². The fourth-order valence-corrected chi connectivity index (χ4v) is 9.70. The molecule has 0 spiro atoms. The van der Waals surface area contributed by atoms with Crippen LogP contribution in [0.25, 0.3) is 10.4 Å². The first-order valence-electron chi connectivity index (χ1n) is 15.4. The highest BCUT2D eigenvalue weighted by atomic mass is 32.2. The number of Topliss-reactive ketones (excluding diaryl/α,β-unsaturated/α-hetero) is 1. The van der Waals surface area contributed by atoms with Crippen LogP contribution in [0, 0.1) is 22.7 Å². The predicted molar refractivity (Wildman–Crippen MR) is 166 cm³/mol. The molecule has 0 bridgehead atoms. The smallest absolute Gasteiger partial charge is 0.153 e. The molecule has 0 N–H and O–H groups in total. The van der Waals surface area contributed by atoms with Crippen LogP contribution in [0.4, 0.5) is 5.69 Å². The van der Waals surface area contributed by atoms with Gasteiger partial charge in [-0.2, -0.15) is 5.26 Å². The van der Waals surface area contributed by atoms with E-state index in [4.69, 9.17) is 4.98 Å². The number of sulfone groups is 1. The average molecular weight is 600 g/mol. The standard InChI is InChI=1S/C34H37N3O3S2/c35-23-33(14-15-33)22-29(38)27-8-4-5-9-28(27)30-31(41-32(36-30)34(16-17-34)25-6-2-1-3-7-25)24-10-12-26(13-11-24)37-18-20-42(39,40)21-19-37/h1-3,6-7,10-13,27-28H,4-5,8-9,14-22H2/t27-,28-/m1/s1. The van der Waals surface area contributed by atoms with Crippen molar-refractivity contribution in [3.05, 3.63) is 70.9 Å². The van der Waals surface area contributed by atoms with Crippen molar-refractivity contribution < 1.29 is 13.2 Å². The molecule has 3 aromatic rings. The lowest BCUT2D eigenvalue weighted by Crippen LogP contribution is -2.40. The number of carbonyl (C=O) groups is 1. The third-order valence-electron chi connectivity index (χ3n) is 10.1. The Balaban J connectivity index is 1.25. The molecule has 2 atom stereocenters. The number of benzene rings is 2. The number of nitriles is 1. The van der Waals surface area contributed by atoms with Crippen LogP contribution in [-0.4, -0.2) is 43.8 Å². The van der Waals surface area contributed by atoms with Crippen molar-refractivity contribution in [2.45, 2.75) is 69.1 Å². The monoisotopic (exact) mass is 599 g/mol. The molecule has 7 rings (SSSR count). The van der Waals surface area contributed by atoms with Gasteiger partial charge in [0, 0.05) is 42.4 Å². The van der Waals surface area contributed by atoms with Crippen molar-refractivity contribution in [2.75, 3.05) is 29.5 Å². The number of rotatable bonds is 8. The van der Waals surface area contributed by atoms with Crippen molar-refractivity contribution in [3.63, 3.8) is 0 Å². The Hall–Kier alpha value is -3.02. The van der Waals surface area contributed by atoms with E-state index in [0.717, 1.165) is 78.2 Å². The van der Waals surface area contributed by atoms with Crippen LogP contribution in [0.2, 0.25) is 0 Å². The molecular formula is C34H37N3O3S2. The molecule has 0 unspecified atom stereocenters. The minimum absolute atomic E-state index is 0.0504. The van der Waals surface area contributed by atoms with Gasteiger partial charge in [0.25, 0.3) is 0 Å². The van der Waals surface area contributed by atoms with Crippen molar-refractivity contribution in [2.24, 2.45) is 11.3 Å². The van der Waals surface area contributed by atoms with E-state index in [1.54, 1.807) is 11.3 Å². The van der Waals surface area contributed by atoms with E-state index in [0.29, 0.717) is 19.5 Å². The van der Waals surface area contributed by atoms with Gasteiger partial charge < -0.3 is 4.90 Å². The van der Waals surface area contributed by atoms with Crippen LogP contribution in [0.3, 0.4) is 0 Å². The minimum atomic E-state index is -2.94. The molecule has 1 aromatic heterocycles. The van der Waals surface area contributed by atoms with E-state index < -0.39 is 15.3 Å². The Labute approximate surface area is 252 Å². The summed E-state index contributed by atoms with van der Waals surface area (Å²) in [4.78, 5) is 22.5. The summed E-state index contributed by atoms with van der Waals surface area (Å²) in [5.74, 6) is 0.629. The van der Waals surface area contributed by atoms with Gasteiger partial charge in [0.1, 0.15) is 10.8 Å². The number of thiazole rings is 1. The zero-order chi connectivity index (χ0) is 29.0. The zero-order valence-electron chi connectivity index (χ0n) is 23.9. The van der Waals surface area contributed by atoms with Gasteiger partial charge in [0.05, 0.1) is 33.6 Å². The van der Waals surface area contributed by atoms with E-state index in [1.165, 1.54) is 5.56 Å². The second kappa shape index (κ2) is 10.6. The predicted octanol–water partition coefficient (Wildman–Crippen LogP) is 6.66. The summed E-state index contributed by atoms with van der Waals surface area (Å²) in [5, 5.41) is 10.8. The highest BCUT2D eigenvalue weighted by Gasteiger charge is 2.50. The molecule has 3 saturated carbocycles. The first kappa shape index (κ1) is 27.8. The quantitative estimate of drug-likeness (QED) is 0.288. The van der Waals surface area contributed by atoms with Gasteiger partial charge in [0.15, 0.2) is 9.84 Å². The molecule has 1 aliphatic heterocycles. The molecule has 0 amide bonds. The topological polar surface area (TPSA) is 91.1 Å². The van der Waals surface area contributed by atoms with E-state index in [2.05, 4.69) is 65.6 Å². The van der Waals surface area contributed by atoms with Crippen LogP contribution >= 0.6 is 11.3 Å². The zero-order valence-corrected chi connectivity index (χ0v) is 25.6. The second-order valence-electron chi connectivity index (χ2n) is 12.9. The Bertz CT molecular complexity index is 1620. The molecule has 3 aliphatic carbocycles. The Morgan fingerprint density at radius 1 is 0.976 bits per heavy atom. The van der Waals surface area contributed by atoms with E-state index in [1.807, 2.05) is 0 Å². The normalized spacial score (nSPS) is 25.4. The van der Waals surface area contributed by atoms with Crippen LogP contribution in [0.15, 0.2) is 54.6 Å². The Morgan fingerprint density at radius 3 is 2.31 bits per heavy atom. The molecule has 4 aliphatic rings. The molecule has 8 heteroatoms. The average Bonchev–Trinajstić information content (AvgIpc) is 3.95. The van der Waals surface area contributed by atoms with Crippen molar-refractivity contribution >= 4 is 32.6 Å². The van der Waals surface area contributed by atoms with Crippen LogP contribution in [0.1, 0.15) is 80.0 Å². The van der Waals surface area contributed by atoms with E-state index in [-0.39, 0.29) is 34.5 Å². The van der Waals surface area contributed by atoms with Crippen LogP contribution in [0.5, 0.6) is 0 Å². The van der Waals surface area contributed by atoms with Crippen molar-refractivity contribution in [1.82, 2.24) is 4.98 Å². The fraction of sp³-hybridized carbons (Fsp3) is 0.500. The second-order valence-corrected chi connectivity index (χ2v) is 16.2. The lowest BCUT2D eigenvalue weighted by molar-refractivity contribution is -0.125. The minimum Gasteiger partial charge on any atom is -0.369 e. The first-order chi connectivity index (χ1) is 20.3. The number of ketones is 1. The van der Waals surface area contributed by atoms with Crippen LogP contribution in [-0.2, 0) is 20.0 Å². The van der Waals surface area contributed by atoms with Gasteiger partial charge in [-0.1, -0.05) is 55.3 Å². The summed E-state index contributed by atoms with van der Waals surface area (Å²) in [5.41, 5.74) is 4.05. The number of hydrogen-bond donors (Lipinski definition) is 0. The van der Waals surface area contributed by atoms with Crippen LogP contribution < -0.4 is 4.90 Å². The van der Waals surface area contributed by atoms with Gasteiger partial charge in [-0.25, -0.2) is 13.4 Å². The largest absolute Gasteiger partial charge is 0.369 e. The summed E-state index contributed by atoms with van der Waals surface area (Å²) in [6, 6.07) is 21.6. The maximum Gasteiger partial charge on any atom is 0.153 e. The molecular weight excluding hydrogens is 563 g/mol. The number of aromatic nitrogens is 1. The Kier molecular flexibility index (Phi) is 7.02. The summed E-state index contributed by atoms with van der Waals surface area (Å²) < 4.78 is 23.9. The van der Waals surface area contributed by atoms with Gasteiger partial charge in [0.2, 0.25) is 0 Å². The number of hydrogen-bond acceptors (Lipinski definition) is 7. The SMILES string of the molecule is N#CC1(CC(=O)[C@@H]2CCCC[C@H]2c2nc(C3(c4ccccc4)CC3)sc2-c2ccc(N3CCS(=O)(=O)CC3)cc2)CC1. The molecule has 42 heavy (non-hydrogen) atoms. The van der Waals surface area contributed by atoms with Crippen molar-refractivity contribution in [3.8, 4) is 16.5 Å². The molecule has 2 aromatic carbocycles. The molecule has 1 saturated heterocycles. The number of carbonyl (C=O) groups excluding carboxylic acids is 1. The van der Waals surface area contributed by atoms with Gasteiger partial charge in [-0.15, -0.1) is 11.3 Å². The number of anilines is 1. The highest BCUT2D eigenvalue weighted by Crippen LogP contribution is 2.57. The highest BCUT2D eigenvalue weighted by molar-refractivity contribution is 7.91. The third kappa shape index (κ3) is 5.20. The summed E-state index contributed by atoms with van der Waals surface area (Å²) in [6.07, 6.45) is 8.18. The number of nitrogens with zero attached hydrogens (tertiary/aromatic N) is 3.